The molecule has 12 heavy (non-hydrogen) atoms. The zero-order valence-electron chi connectivity index (χ0n) is 7.29. The van der Waals surface area contributed by atoms with Gasteiger partial charge >= 0.3 is 0 Å². The summed E-state index contributed by atoms with van der Waals surface area (Å²) in [6.45, 7) is 2.78. The molecule has 0 amide bonds. The van der Waals surface area contributed by atoms with Gasteiger partial charge in [0.1, 0.15) is 0 Å². The monoisotopic (exact) mass is 185 g/mol. The van der Waals surface area contributed by atoms with E-state index in [9.17, 15) is 0 Å². The van der Waals surface area contributed by atoms with E-state index in [1.54, 1.807) is 6.20 Å². The molecular formula is C8H12ClN3. The van der Waals surface area contributed by atoms with Crippen LogP contribution in [0, 0.1) is 6.92 Å². The lowest BCUT2D eigenvalue weighted by Crippen LogP contribution is -2.21. The zero-order chi connectivity index (χ0) is 8.97. The molecule has 0 saturated carbocycles. The highest BCUT2D eigenvalue weighted by Gasteiger charge is 2.00. The van der Waals surface area contributed by atoms with Crippen LogP contribution < -0.4 is 4.90 Å². The minimum atomic E-state index is 0.603. The van der Waals surface area contributed by atoms with E-state index in [4.69, 9.17) is 11.6 Å². The number of alkyl halides is 1. The molecule has 0 saturated heterocycles. The molecule has 0 radical (unpaired) electrons. The van der Waals surface area contributed by atoms with Crippen molar-refractivity contribution < 1.29 is 0 Å². The van der Waals surface area contributed by atoms with Crippen LogP contribution in [0.25, 0.3) is 0 Å². The second-order valence-corrected chi connectivity index (χ2v) is 3.08. The van der Waals surface area contributed by atoms with Gasteiger partial charge in [0.05, 0.1) is 6.20 Å². The van der Waals surface area contributed by atoms with Gasteiger partial charge in [-0.2, -0.15) is 5.10 Å². The highest BCUT2D eigenvalue weighted by atomic mass is 35.5. The van der Waals surface area contributed by atoms with Crippen LogP contribution in [0.1, 0.15) is 5.56 Å². The second-order valence-electron chi connectivity index (χ2n) is 2.70. The van der Waals surface area contributed by atoms with Gasteiger partial charge < -0.3 is 4.90 Å². The Kier molecular flexibility index (Phi) is 3.29. The first-order chi connectivity index (χ1) is 5.74. The van der Waals surface area contributed by atoms with Crippen LogP contribution in [0.3, 0.4) is 0 Å². The van der Waals surface area contributed by atoms with E-state index in [1.807, 2.05) is 24.9 Å². The Hall–Kier alpha value is -0.830. The maximum atomic E-state index is 5.60. The largest absolute Gasteiger partial charge is 0.357 e. The van der Waals surface area contributed by atoms with Gasteiger partial charge in [0.2, 0.25) is 0 Å². The van der Waals surface area contributed by atoms with Crippen molar-refractivity contribution in [2.24, 2.45) is 0 Å². The van der Waals surface area contributed by atoms with Crippen LogP contribution in [0.2, 0.25) is 0 Å². The molecule has 0 atom stereocenters. The molecule has 0 aliphatic carbocycles. The first-order valence-corrected chi connectivity index (χ1v) is 4.34. The number of rotatable bonds is 3. The number of nitrogens with zero attached hydrogens (tertiary/aromatic N) is 3. The van der Waals surface area contributed by atoms with Crippen LogP contribution in [-0.2, 0) is 0 Å². The van der Waals surface area contributed by atoms with Gasteiger partial charge in [0.25, 0.3) is 0 Å². The zero-order valence-corrected chi connectivity index (χ0v) is 8.04. The van der Waals surface area contributed by atoms with Crippen molar-refractivity contribution >= 4 is 17.4 Å². The molecular weight excluding hydrogens is 174 g/mol. The van der Waals surface area contributed by atoms with Crippen molar-refractivity contribution in [2.75, 3.05) is 24.4 Å². The Morgan fingerprint density at radius 2 is 2.33 bits per heavy atom. The second kappa shape index (κ2) is 4.26. The number of hydrogen-bond donors (Lipinski definition) is 0. The molecule has 0 aliphatic heterocycles. The topological polar surface area (TPSA) is 29.0 Å². The average molecular weight is 186 g/mol. The van der Waals surface area contributed by atoms with Crippen LogP contribution in [-0.4, -0.2) is 29.7 Å². The van der Waals surface area contributed by atoms with Gasteiger partial charge in [0.15, 0.2) is 5.82 Å². The van der Waals surface area contributed by atoms with Crippen LogP contribution in [0.4, 0.5) is 5.82 Å². The smallest absolute Gasteiger partial charge is 0.151 e. The Bertz CT molecular complexity index is 252. The third kappa shape index (κ3) is 2.34. The van der Waals surface area contributed by atoms with Crippen molar-refractivity contribution in [3.63, 3.8) is 0 Å². The first-order valence-electron chi connectivity index (χ1n) is 3.80. The highest BCUT2D eigenvalue weighted by molar-refractivity contribution is 6.18. The minimum Gasteiger partial charge on any atom is -0.357 e. The molecule has 4 heteroatoms. The van der Waals surface area contributed by atoms with Crippen LogP contribution >= 0.6 is 11.6 Å². The van der Waals surface area contributed by atoms with Gasteiger partial charge in [0, 0.05) is 19.5 Å². The fourth-order valence-electron chi connectivity index (χ4n) is 0.877. The van der Waals surface area contributed by atoms with Crippen molar-refractivity contribution in [3.8, 4) is 0 Å². The molecule has 1 aromatic rings. The maximum absolute atomic E-state index is 5.60. The van der Waals surface area contributed by atoms with Gasteiger partial charge in [-0.1, -0.05) is 0 Å². The lowest BCUT2D eigenvalue weighted by Gasteiger charge is -2.15. The van der Waals surface area contributed by atoms with Crippen LogP contribution in [0.15, 0.2) is 12.3 Å². The quantitative estimate of drug-likeness (QED) is 0.668. The van der Waals surface area contributed by atoms with E-state index in [1.165, 1.54) is 0 Å². The Labute approximate surface area is 77.4 Å². The molecule has 0 unspecified atom stereocenters. The summed E-state index contributed by atoms with van der Waals surface area (Å²) in [6, 6.07) is 1.99. The molecule has 0 N–H and O–H groups in total. The summed E-state index contributed by atoms with van der Waals surface area (Å²) in [6.07, 6.45) is 1.73. The predicted octanol–water partition coefficient (Wildman–Crippen LogP) is 1.46. The first kappa shape index (κ1) is 9.26. The summed E-state index contributed by atoms with van der Waals surface area (Å²) < 4.78 is 0. The molecule has 0 aliphatic rings. The molecule has 1 aromatic heterocycles. The molecule has 0 spiro atoms. The maximum Gasteiger partial charge on any atom is 0.151 e. The normalized spacial score (nSPS) is 9.92. The van der Waals surface area contributed by atoms with Crippen molar-refractivity contribution in [1.29, 1.82) is 0 Å². The fraction of sp³-hybridized carbons (Fsp3) is 0.500. The molecule has 1 heterocycles. The summed E-state index contributed by atoms with van der Waals surface area (Å²) in [7, 11) is 1.95. The van der Waals surface area contributed by atoms with E-state index >= 15 is 0 Å². The summed E-state index contributed by atoms with van der Waals surface area (Å²) in [5.41, 5.74) is 1.11. The number of aryl methyl sites for hydroxylation is 1. The van der Waals surface area contributed by atoms with Gasteiger partial charge in [-0.05, 0) is 18.6 Å². The Morgan fingerprint density at radius 1 is 1.58 bits per heavy atom. The molecule has 0 aromatic carbocycles. The summed E-state index contributed by atoms with van der Waals surface area (Å²) in [5, 5.41) is 7.83. The van der Waals surface area contributed by atoms with Gasteiger partial charge in [-0.25, -0.2) is 0 Å². The van der Waals surface area contributed by atoms with Crippen LogP contribution in [0.5, 0.6) is 0 Å². The van der Waals surface area contributed by atoms with Gasteiger partial charge in [-0.15, -0.1) is 16.7 Å². The number of hydrogen-bond acceptors (Lipinski definition) is 3. The van der Waals surface area contributed by atoms with Crippen molar-refractivity contribution in [3.05, 3.63) is 17.8 Å². The fourth-order valence-corrected chi connectivity index (χ4v) is 1.13. The Morgan fingerprint density at radius 3 is 2.92 bits per heavy atom. The molecule has 0 bridgehead atoms. The Balaban J connectivity index is 2.73. The summed E-state index contributed by atoms with van der Waals surface area (Å²) in [5.74, 6) is 1.47. The molecule has 3 nitrogen and oxygen atoms in total. The third-order valence-electron chi connectivity index (χ3n) is 1.59. The standard InChI is InChI=1S/C8H12ClN3/c1-7-5-8(11-10-6-7)12(2)4-3-9/h5-6H,3-4H2,1-2H3. The van der Waals surface area contributed by atoms with Gasteiger partial charge in [-0.3, -0.25) is 0 Å². The SMILES string of the molecule is Cc1cnnc(N(C)CCCl)c1. The molecule has 0 fully saturated rings. The average Bonchev–Trinajstić information content (AvgIpc) is 2.05. The number of anilines is 1. The summed E-state index contributed by atoms with van der Waals surface area (Å²) in [4.78, 5) is 1.98. The predicted molar refractivity (Wildman–Crippen MR) is 50.8 cm³/mol. The van der Waals surface area contributed by atoms with E-state index in [0.29, 0.717) is 5.88 Å². The lowest BCUT2D eigenvalue weighted by molar-refractivity contribution is 0.894. The van der Waals surface area contributed by atoms with Crippen molar-refractivity contribution in [1.82, 2.24) is 10.2 Å². The van der Waals surface area contributed by atoms with Crippen molar-refractivity contribution in [2.45, 2.75) is 6.92 Å². The van der Waals surface area contributed by atoms with E-state index in [0.717, 1.165) is 17.9 Å². The van der Waals surface area contributed by atoms with E-state index in [-0.39, 0.29) is 0 Å². The third-order valence-corrected chi connectivity index (χ3v) is 1.76. The number of halogens is 1. The molecule has 66 valence electrons. The van der Waals surface area contributed by atoms with E-state index < -0.39 is 0 Å². The minimum absolute atomic E-state index is 0.603. The number of aromatic nitrogens is 2. The van der Waals surface area contributed by atoms with E-state index in [2.05, 4.69) is 10.2 Å². The highest BCUT2D eigenvalue weighted by Crippen LogP contribution is 2.07. The molecule has 1 rings (SSSR count). The lowest BCUT2D eigenvalue weighted by atomic mass is 10.3. The summed E-state index contributed by atoms with van der Waals surface area (Å²) >= 11 is 5.60.